The SMILES string of the molecule is CC(C)Oc1ccccc1N1CCN(CC2CC(CN3CCc4ccc([N+](=O)[O-])cc43)=NO2)CC1. The highest BCUT2D eigenvalue weighted by atomic mass is 16.6. The average Bonchev–Trinajstić information content (AvgIpc) is 3.46. The minimum atomic E-state index is -0.335. The highest BCUT2D eigenvalue weighted by Crippen LogP contribution is 2.32. The smallest absolute Gasteiger partial charge is 0.271 e. The number of nitro benzene ring substituents is 1. The molecule has 0 N–H and O–H groups in total. The zero-order valence-electron chi connectivity index (χ0n) is 20.4. The maximum Gasteiger partial charge on any atom is 0.271 e. The first-order valence-corrected chi connectivity index (χ1v) is 12.4. The van der Waals surface area contributed by atoms with Crippen molar-refractivity contribution in [3.63, 3.8) is 0 Å². The van der Waals surface area contributed by atoms with Gasteiger partial charge in [-0.25, -0.2) is 0 Å². The zero-order chi connectivity index (χ0) is 24.4. The molecule has 3 heterocycles. The largest absolute Gasteiger partial charge is 0.489 e. The van der Waals surface area contributed by atoms with E-state index in [1.54, 1.807) is 12.1 Å². The Kier molecular flexibility index (Phi) is 6.77. The topological polar surface area (TPSA) is 83.7 Å². The number of ether oxygens (including phenoxy) is 1. The van der Waals surface area contributed by atoms with Crippen LogP contribution >= 0.6 is 0 Å². The van der Waals surface area contributed by atoms with Crippen molar-refractivity contribution in [2.24, 2.45) is 5.16 Å². The first kappa shape index (κ1) is 23.4. The number of piperazine rings is 1. The van der Waals surface area contributed by atoms with Crippen LogP contribution in [0.15, 0.2) is 47.6 Å². The third-order valence-electron chi connectivity index (χ3n) is 6.84. The molecule has 3 aliphatic rings. The van der Waals surface area contributed by atoms with Crippen molar-refractivity contribution in [3.8, 4) is 5.75 Å². The summed E-state index contributed by atoms with van der Waals surface area (Å²) in [5.74, 6) is 0.946. The van der Waals surface area contributed by atoms with Crippen LogP contribution < -0.4 is 14.5 Å². The van der Waals surface area contributed by atoms with E-state index in [9.17, 15) is 10.1 Å². The van der Waals surface area contributed by atoms with Gasteiger partial charge in [-0.3, -0.25) is 15.0 Å². The Morgan fingerprint density at radius 3 is 2.69 bits per heavy atom. The summed E-state index contributed by atoms with van der Waals surface area (Å²) >= 11 is 0. The summed E-state index contributed by atoms with van der Waals surface area (Å²) in [4.78, 5) is 23.6. The van der Waals surface area contributed by atoms with Crippen LogP contribution in [0.1, 0.15) is 25.8 Å². The van der Waals surface area contributed by atoms with E-state index < -0.39 is 0 Å². The summed E-state index contributed by atoms with van der Waals surface area (Å²) in [5, 5.41) is 15.5. The molecule has 0 bridgehead atoms. The molecule has 1 unspecified atom stereocenters. The molecule has 5 rings (SSSR count). The zero-order valence-corrected chi connectivity index (χ0v) is 20.4. The first-order valence-electron chi connectivity index (χ1n) is 12.4. The molecule has 0 aromatic heterocycles. The third-order valence-corrected chi connectivity index (χ3v) is 6.84. The summed E-state index contributed by atoms with van der Waals surface area (Å²) in [6.45, 7) is 10.3. The Morgan fingerprint density at radius 1 is 1.11 bits per heavy atom. The molecule has 1 atom stereocenters. The number of fused-ring (bicyclic) bond motifs is 1. The van der Waals surface area contributed by atoms with Crippen LogP contribution in [-0.2, 0) is 11.3 Å². The number of hydrogen-bond acceptors (Lipinski definition) is 8. The Bertz CT molecular complexity index is 1100. The molecule has 9 nitrogen and oxygen atoms in total. The van der Waals surface area contributed by atoms with Crippen molar-refractivity contribution in [2.75, 3.05) is 55.6 Å². The van der Waals surface area contributed by atoms with E-state index in [1.807, 2.05) is 18.2 Å². The monoisotopic (exact) mass is 479 g/mol. The fourth-order valence-corrected chi connectivity index (χ4v) is 5.14. The van der Waals surface area contributed by atoms with Gasteiger partial charge in [-0.15, -0.1) is 0 Å². The van der Waals surface area contributed by atoms with Gasteiger partial charge in [0.15, 0.2) is 0 Å². The lowest BCUT2D eigenvalue weighted by molar-refractivity contribution is -0.384. The molecule has 35 heavy (non-hydrogen) atoms. The number of para-hydroxylation sites is 2. The van der Waals surface area contributed by atoms with E-state index in [4.69, 9.17) is 9.57 Å². The van der Waals surface area contributed by atoms with E-state index in [2.05, 4.69) is 45.8 Å². The molecule has 0 saturated carbocycles. The summed E-state index contributed by atoms with van der Waals surface area (Å²) in [6, 6.07) is 13.4. The Balaban J connectivity index is 1.11. The third kappa shape index (κ3) is 5.35. The van der Waals surface area contributed by atoms with E-state index in [-0.39, 0.29) is 22.8 Å². The predicted molar refractivity (Wildman–Crippen MR) is 137 cm³/mol. The summed E-state index contributed by atoms with van der Waals surface area (Å²) in [7, 11) is 0. The molecule has 186 valence electrons. The van der Waals surface area contributed by atoms with E-state index in [0.29, 0.717) is 6.54 Å². The van der Waals surface area contributed by atoms with E-state index in [0.717, 1.165) is 80.5 Å². The predicted octanol–water partition coefficient (Wildman–Crippen LogP) is 3.71. The highest BCUT2D eigenvalue weighted by molar-refractivity contribution is 5.90. The van der Waals surface area contributed by atoms with Crippen molar-refractivity contribution < 1.29 is 14.5 Å². The number of rotatable bonds is 8. The average molecular weight is 480 g/mol. The van der Waals surface area contributed by atoms with Gasteiger partial charge in [-0.05, 0) is 38.0 Å². The van der Waals surface area contributed by atoms with Crippen LogP contribution in [0.25, 0.3) is 0 Å². The van der Waals surface area contributed by atoms with Gasteiger partial charge in [0.1, 0.15) is 11.9 Å². The van der Waals surface area contributed by atoms with Gasteiger partial charge in [-0.2, -0.15) is 0 Å². The minimum absolute atomic E-state index is 0.0558. The minimum Gasteiger partial charge on any atom is -0.489 e. The van der Waals surface area contributed by atoms with Crippen LogP contribution in [0, 0.1) is 10.1 Å². The number of hydrogen-bond donors (Lipinski definition) is 0. The van der Waals surface area contributed by atoms with Crippen LogP contribution in [-0.4, -0.2) is 73.6 Å². The second-order valence-electron chi connectivity index (χ2n) is 9.75. The second-order valence-corrected chi connectivity index (χ2v) is 9.75. The molecular formula is C26H33N5O4. The summed E-state index contributed by atoms with van der Waals surface area (Å²) < 4.78 is 6.01. The van der Waals surface area contributed by atoms with Crippen LogP contribution in [0.4, 0.5) is 17.1 Å². The van der Waals surface area contributed by atoms with E-state index >= 15 is 0 Å². The van der Waals surface area contributed by atoms with Gasteiger partial charge < -0.3 is 19.4 Å². The van der Waals surface area contributed by atoms with Gasteiger partial charge in [-0.1, -0.05) is 23.4 Å². The van der Waals surface area contributed by atoms with Crippen LogP contribution in [0.2, 0.25) is 0 Å². The molecule has 0 radical (unpaired) electrons. The molecule has 3 aliphatic heterocycles. The quantitative estimate of drug-likeness (QED) is 0.422. The van der Waals surface area contributed by atoms with Crippen molar-refractivity contribution >= 4 is 22.8 Å². The second kappa shape index (κ2) is 10.1. The number of nitro groups is 1. The fourth-order valence-electron chi connectivity index (χ4n) is 5.14. The Labute approximate surface area is 206 Å². The summed E-state index contributed by atoms with van der Waals surface area (Å²) in [6.07, 6.45) is 1.91. The number of oxime groups is 1. The maximum atomic E-state index is 11.2. The van der Waals surface area contributed by atoms with Gasteiger partial charge in [0.2, 0.25) is 0 Å². The lowest BCUT2D eigenvalue weighted by Gasteiger charge is -2.37. The van der Waals surface area contributed by atoms with Crippen LogP contribution in [0.5, 0.6) is 5.75 Å². The first-order chi connectivity index (χ1) is 17.0. The normalized spacial score (nSPS) is 20.1. The van der Waals surface area contributed by atoms with Gasteiger partial charge in [0.05, 0.1) is 29.0 Å². The number of non-ortho nitro benzene ring substituents is 1. The lowest BCUT2D eigenvalue weighted by atomic mass is 10.1. The lowest BCUT2D eigenvalue weighted by Crippen LogP contribution is -2.48. The molecular weight excluding hydrogens is 446 g/mol. The number of nitrogens with zero attached hydrogens (tertiary/aromatic N) is 5. The van der Waals surface area contributed by atoms with Gasteiger partial charge in [0.25, 0.3) is 5.69 Å². The number of anilines is 2. The molecule has 2 aromatic rings. The summed E-state index contributed by atoms with van der Waals surface area (Å²) in [5.41, 5.74) is 4.41. The Hall–Kier alpha value is -3.33. The molecule has 0 aliphatic carbocycles. The number of benzene rings is 2. The van der Waals surface area contributed by atoms with Gasteiger partial charge in [0, 0.05) is 63.5 Å². The fraction of sp³-hybridized carbons (Fsp3) is 0.500. The van der Waals surface area contributed by atoms with Crippen molar-refractivity contribution in [1.29, 1.82) is 0 Å². The van der Waals surface area contributed by atoms with Crippen molar-refractivity contribution in [1.82, 2.24) is 4.90 Å². The van der Waals surface area contributed by atoms with Crippen LogP contribution in [0.3, 0.4) is 0 Å². The molecule has 1 fully saturated rings. The standard InChI is InChI=1S/C26H33N5O4/c1-19(2)34-26-6-4-3-5-24(26)29-13-11-28(12-14-29)18-23-15-21(27-35-23)17-30-10-9-20-7-8-22(31(32)33)16-25(20)30/h3-8,16,19,23H,9-15,17-18H2,1-2H3. The van der Waals surface area contributed by atoms with Gasteiger partial charge >= 0.3 is 0 Å². The van der Waals surface area contributed by atoms with E-state index in [1.165, 1.54) is 0 Å². The molecule has 0 amide bonds. The molecule has 9 heteroatoms. The molecule has 0 spiro atoms. The highest BCUT2D eigenvalue weighted by Gasteiger charge is 2.29. The van der Waals surface area contributed by atoms with Crippen molar-refractivity contribution in [3.05, 3.63) is 58.1 Å². The van der Waals surface area contributed by atoms with Crippen molar-refractivity contribution in [2.45, 2.75) is 38.9 Å². The maximum absolute atomic E-state index is 11.2. The molecule has 1 saturated heterocycles. The Morgan fingerprint density at radius 2 is 1.91 bits per heavy atom. The molecule has 2 aromatic carbocycles.